The van der Waals surface area contributed by atoms with Crippen LogP contribution in [-0.2, 0) is 19.3 Å². The largest absolute Gasteiger partial charge is 0.159 e. The average molecular weight is 693 g/mol. The van der Waals surface area contributed by atoms with Gasteiger partial charge in [-0.2, -0.15) is 0 Å². The molecule has 0 amide bonds. The van der Waals surface area contributed by atoms with Crippen molar-refractivity contribution in [1.82, 2.24) is 0 Å². The van der Waals surface area contributed by atoms with E-state index in [0.717, 1.165) is 19.3 Å². The van der Waals surface area contributed by atoms with Crippen molar-refractivity contribution in [1.29, 1.82) is 0 Å². The van der Waals surface area contributed by atoms with E-state index in [9.17, 15) is 0 Å². The van der Waals surface area contributed by atoms with Gasteiger partial charge in [-0.3, -0.25) is 0 Å². The Hall–Kier alpha value is -4.98. The summed E-state index contributed by atoms with van der Waals surface area (Å²) in [6, 6.07) is 56.4. The molecule has 1 aliphatic carbocycles. The normalized spacial score (nSPS) is 13.7. The van der Waals surface area contributed by atoms with Gasteiger partial charge in [0.2, 0.25) is 0 Å². The third kappa shape index (κ3) is 6.37. The van der Waals surface area contributed by atoms with Crippen molar-refractivity contribution in [2.75, 3.05) is 0 Å². The molecule has 0 saturated heterocycles. The Labute approximate surface area is 313 Å². The summed E-state index contributed by atoms with van der Waals surface area (Å²) in [5.41, 5.74) is 18.0. The number of aryl methyl sites for hydroxylation is 3. The number of benzene rings is 6. The average Bonchev–Trinajstić information content (AvgIpc) is 3.40. The molecule has 0 aliphatic heterocycles. The first-order valence-corrected chi connectivity index (χ1v) is 21.3. The molecule has 0 heterocycles. The van der Waals surface area contributed by atoms with Gasteiger partial charge < -0.3 is 0 Å². The highest BCUT2D eigenvalue weighted by Crippen LogP contribution is 2.47. The van der Waals surface area contributed by atoms with Crippen molar-refractivity contribution in [3.8, 4) is 33.4 Å². The fourth-order valence-electron chi connectivity index (χ4n) is 8.63. The van der Waals surface area contributed by atoms with Crippen LogP contribution in [0.1, 0.15) is 65.2 Å². The zero-order valence-electron chi connectivity index (χ0n) is 32.1. The lowest BCUT2D eigenvalue weighted by Gasteiger charge is -2.41. The van der Waals surface area contributed by atoms with Crippen molar-refractivity contribution < 1.29 is 0 Å². The fraction of sp³-hybridized carbons (Fsp3) is 0.216. The molecule has 6 aromatic rings. The molecule has 0 atom stereocenters. The van der Waals surface area contributed by atoms with Gasteiger partial charge in [-0.1, -0.05) is 178 Å². The van der Waals surface area contributed by atoms with Crippen molar-refractivity contribution in [2.24, 2.45) is 0 Å². The molecule has 0 nitrogen and oxygen atoms in total. The van der Waals surface area contributed by atoms with Crippen LogP contribution in [0.4, 0.5) is 0 Å². The molecule has 0 N–H and O–H groups in total. The summed E-state index contributed by atoms with van der Waals surface area (Å²) in [6.45, 7) is 16.2. The highest BCUT2D eigenvalue weighted by atomic mass is 28.3. The maximum atomic E-state index is 2.54. The van der Waals surface area contributed by atoms with Gasteiger partial charge in [-0.05, 0) is 124 Å². The van der Waals surface area contributed by atoms with Crippen LogP contribution in [0.25, 0.3) is 33.4 Å². The molecule has 0 unspecified atom stereocenters. The van der Waals surface area contributed by atoms with E-state index in [1.54, 1.807) is 0 Å². The van der Waals surface area contributed by atoms with E-state index in [4.69, 9.17) is 0 Å². The third-order valence-corrected chi connectivity index (χ3v) is 17.5. The first kappa shape index (κ1) is 35.4. The van der Waals surface area contributed by atoms with Crippen LogP contribution < -0.4 is 15.6 Å². The predicted molar refractivity (Wildman–Crippen MR) is 229 cm³/mol. The zero-order chi connectivity index (χ0) is 36.4. The van der Waals surface area contributed by atoms with Crippen LogP contribution in [0.3, 0.4) is 0 Å². The highest BCUT2D eigenvalue weighted by molar-refractivity contribution is 7.13. The predicted octanol–water partition coefficient (Wildman–Crippen LogP) is 11.9. The number of allylic oxidation sites excluding steroid dienone is 4. The van der Waals surface area contributed by atoms with Crippen molar-refractivity contribution in [3.63, 3.8) is 0 Å². The number of hydrogen-bond acceptors (Lipinski definition) is 0. The molecule has 0 spiro atoms. The van der Waals surface area contributed by atoms with Gasteiger partial charge in [0.05, 0.1) is 0 Å². The molecule has 0 saturated carbocycles. The summed E-state index contributed by atoms with van der Waals surface area (Å²) in [5.74, 6) is 0. The van der Waals surface area contributed by atoms with Gasteiger partial charge in [0.25, 0.3) is 0 Å². The van der Waals surface area contributed by atoms with E-state index in [2.05, 4.69) is 194 Å². The molecule has 52 heavy (non-hydrogen) atoms. The summed E-state index contributed by atoms with van der Waals surface area (Å²) in [7, 11) is -2.86. The van der Waals surface area contributed by atoms with Crippen molar-refractivity contribution in [3.05, 3.63) is 185 Å². The van der Waals surface area contributed by atoms with Crippen molar-refractivity contribution >= 4 is 23.6 Å². The van der Waals surface area contributed by atoms with Crippen LogP contribution in [0.2, 0.25) is 5.54 Å². The lowest BCUT2D eigenvalue weighted by atomic mass is 10.0. The first-order chi connectivity index (χ1) is 25.3. The Morgan fingerprint density at radius 1 is 0.365 bits per heavy atom. The van der Waals surface area contributed by atoms with E-state index < -0.39 is 8.07 Å². The van der Waals surface area contributed by atoms with Crippen LogP contribution >= 0.6 is 0 Å². The van der Waals surface area contributed by atoms with E-state index in [0.29, 0.717) is 0 Å². The van der Waals surface area contributed by atoms with Crippen LogP contribution in [-0.4, -0.2) is 8.07 Å². The SMILES string of the molecule is CCc1ccc(-c2cccc([Si](c3cccc(-c4ccc(CC)cc4)c3)(c3cccc(-c4ccc(CC)cc4)c3)C3C(C)=C(C)C(C)=C3C)c2)cc1. The van der Waals surface area contributed by atoms with Gasteiger partial charge >= 0.3 is 0 Å². The number of hydrogen-bond donors (Lipinski definition) is 0. The lowest BCUT2D eigenvalue weighted by molar-refractivity contribution is 1.09. The monoisotopic (exact) mass is 692 g/mol. The fourth-order valence-corrected chi connectivity index (χ4v) is 14.6. The smallest absolute Gasteiger partial charge is 0.0647 e. The van der Waals surface area contributed by atoms with Crippen LogP contribution in [0.15, 0.2) is 168 Å². The Balaban J connectivity index is 1.55. The van der Waals surface area contributed by atoms with Gasteiger partial charge in [0.1, 0.15) is 0 Å². The molecule has 1 heteroatoms. The minimum Gasteiger partial charge on any atom is -0.0647 e. The third-order valence-electron chi connectivity index (χ3n) is 12.1. The Bertz CT molecular complexity index is 2020. The lowest BCUT2D eigenvalue weighted by Crippen LogP contribution is -2.70. The minimum atomic E-state index is -2.86. The Morgan fingerprint density at radius 3 is 0.923 bits per heavy atom. The minimum absolute atomic E-state index is 0.278. The first-order valence-electron chi connectivity index (χ1n) is 19.2. The second kappa shape index (κ2) is 14.9. The number of rotatable bonds is 10. The molecule has 6 aromatic carbocycles. The van der Waals surface area contributed by atoms with Crippen LogP contribution in [0.5, 0.6) is 0 Å². The molecule has 0 radical (unpaired) electrons. The Kier molecular flexibility index (Phi) is 10.2. The van der Waals surface area contributed by atoms with Crippen molar-refractivity contribution in [2.45, 2.75) is 73.3 Å². The molecule has 0 bridgehead atoms. The topological polar surface area (TPSA) is 0 Å². The molecule has 7 rings (SSSR count). The molecule has 0 aromatic heterocycles. The molecule has 260 valence electrons. The highest BCUT2D eigenvalue weighted by Gasteiger charge is 2.50. The molecular formula is C51H52Si. The van der Waals surface area contributed by atoms with E-state index in [-0.39, 0.29) is 5.54 Å². The zero-order valence-corrected chi connectivity index (χ0v) is 33.1. The van der Waals surface area contributed by atoms with Gasteiger partial charge in [0.15, 0.2) is 8.07 Å². The van der Waals surface area contributed by atoms with E-state index in [1.807, 2.05) is 0 Å². The molecular weight excluding hydrogens is 641 g/mol. The van der Waals surface area contributed by atoms with Gasteiger partial charge in [-0.25, -0.2) is 0 Å². The summed E-state index contributed by atoms with van der Waals surface area (Å²) < 4.78 is 0. The van der Waals surface area contributed by atoms with Gasteiger partial charge in [-0.15, -0.1) is 0 Å². The van der Waals surface area contributed by atoms with Crippen LogP contribution in [0, 0.1) is 0 Å². The standard InChI is InChI=1S/C51H52Si/c1-8-39-20-26-42(27-21-39)45-14-11-17-48(32-45)52(51-37(6)35(4)36(5)38(51)7,49-18-12-15-46(33-49)43-28-22-40(9-2)23-29-43)50-19-13-16-47(34-50)44-30-24-41(10-3)25-31-44/h11-34,51H,8-10H2,1-7H3. The van der Waals surface area contributed by atoms with E-state index in [1.165, 1.54) is 87.9 Å². The Morgan fingerprint density at radius 2 is 0.654 bits per heavy atom. The van der Waals surface area contributed by atoms with E-state index >= 15 is 0 Å². The summed E-state index contributed by atoms with van der Waals surface area (Å²) >= 11 is 0. The summed E-state index contributed by atoms with van der Waals surface area (Å²) in [6.07, 6.45) is 3.13. The molecule has 1 aliphatic rings. The molecule has 0 fully saturated rings. The summed E-state index contributed by atoms with van der Waals surface area (Å²) in [5, 5.41) is 4.35. The second-order valence-corrected chi connectivity index (χ2v) is 18.7. The maximum absolute atomic E-state index is 2.86. The summed E-state index contributed by atoms with van der Waals surface area (Å²) in [4.78, 5) is 0. The second-order valence-electron chi connectivity index (χ2n) is 14.8. The van der Waals surface area contributed by atoms with Gasteiger partial charge in [0, 0.05) is 5.54 Å². The quantitative estimate of drug-likeness (QED) is 0.0990. The maximum Gasteiger partial charge on any atom is 0.159 e.